The molecule has 13 aliphatic rings. The standard InChI is InChI=1S/2C25H18BN.C24H20B9N2P2/c1-17-13-15-18(16-14-17)27-23-11-5-4-10-22(23)26-21-9-3-2-7-19(21)20-8-6-12-24(27)25(20)26;1-17-9-7-15-22-25(17)27(18-10-3-2-4-11-18)23-16-8-13-20-19-12-5-6-14-21(19)26(22)24(20)23;1-2-11-20-18(9-1)19-10-6-14-23-24(19)28(20)21-12-3-4-13-22(21)35(23)16-7-5-8-17(15-16)36(29-25-30(36)33(29)36)34-37-26-31(37)32(37)27-37/h2*2-16H,1H3;1-15,34H,25-26H2/q;;-2. The number of nitrogens with one attached hydrogen (secondary N) is 1. The second-order valence-electron chi connectivity index (χ2n) is 29.3. The number of rotatable bonds is 6. The summed E-state index contributed by atoms with van der Waals surface area (Å²) in [7, 11) is 0.346. The van der Waals surface area contributed by atoms with Crippen molar-refractivity contribution in [2.45, 2.75) is 13.8 Å². The fourth-order valence-corrected chi connectivity index (χ4v) is 46.6. The molecule has 13 aliphatic heterocycles. The zero-order valence-corrected chi connectivity index (χ0v) is 53.2. The summed E-state index contributed by atoms with van der Waals surface area (Å²) < 4.78 is 0. The molecular weight excluding hydrogens is 1130 g/mol. The fourth-order valence-electron chi connectivity index (χ4n) is 21.5. The Labute approximate surface area is 537 Å². The van der Waals surface area contributed by atoms with E-state index < -0.39 is 12.7 Å². The summed E-state index contributed by atoms with van der Waals surface area (Å²) in [6.45, 7) is 8.62. The van der Waals surface area contributed by atoms with Crippen LogP contribution in [0.3, 0.4) is 0 Å². The molecule has 4 nitrogen and oxygen atoms in total. The summed E-state index contributed by atoms with van der Waals surface area (Å²) >= 11 is 0. The maximum atomic E-state index is 4.79. The van der Waals surface area contributed by atoms with E-state index in [1.807, 2.05) is 0 Å². The van der Waals surface area contributed by atoms with Gasteiger partial charge in [0.25, 0.3) is 0 Å². The van der Waals surface area contributed by atoms with Crippen LogP contribution in [0.1, 0.15) is 11.1 Å². The second-order valence-corrected chi connectivity index (χ2v) is 41.4. The van der Waals surface area contributed by atoms with Crippen LogP contribution in [0.5, 0.6) is 0 Å². The monoisotopic (exact) mass is 1180 g/mol. The molecule has 417 valence electrons. The van der Waals surface area contributed by atoms with Crippen molar-refractivity contribution in [3.63, 3.8) is 0 Å². The van der Waals surface area contributed by atoms with E-state index in [9.17, 15) is 0 Å². The Morgan fingerprint density at radius 1 is 0.363 bits per heavy atom. The van der Waals surface area contributed by atoms with Gasteiger partial charge in [-0.1, -0.05) is 156 Å². The first-order chi connectivity index (χ1) is 44.9. The van der Waals surface area contributed by atoms with Gasteiger partial charge < -0.3 is 9.80 Å². The first-order valence-electron chi connectivity index (χ1n) is 33.8. The molecule has 0 saturated carbocycles. The molecule has 91 heavy (non-hydrogen) atoms. The fraction of sp³-hybridized carbons (Fsp3) is 0.0270. The van der Waals surface area contributed by atoms with Crippen molar-refractivity contribution in [2.24, 2.45) is 0 Å². The predicted octanol–water partition coefficient (Wildman–Crippen LogP) is 8.80. The van der Waals surface area contributed by atoms with Crippen LogP contribution in [0.2, 0.25) is 0 Å². The van der Waals surface area contributed by atoms with Crippen molar-refractivity contribution in [1.82, 2.24) is 4.86 Å². The topological polar surface area (TPSA) is 21.8 Å². The van der Waals surface area contributed by atoms with Gasteiger partial charge in [-0.05, 0) is 106 Å². The van der Waals surface area contributed by atoms with Crippen molar-refractivity contribution in [1.29, 1.82) is 0 Å². The molecule has 0 unspecified atom stereocenters. The zero-order chi connectivity index (χ0) is 59.5. The van der Waals surface area contributed by atoms with Gasteiger partial charge in [-0.25, -0.2) is 0 Å². The number of nitrogens with zero attached hydrogens (tertiary/aromatic N) is 3. The molecular formula is C74H56B11N4P2-2. The Balaban J connectivity index is 0.0000000920. The van der Waals surface area contributed by atoms with Gasteiger partial charge in [0.05, 0.1) is 0 Å². The summed E-state index contributed by atoms with van der Waals surface area (Å²) in [4.78, 5) is 12.3. The Kier molecular flexibility index (Phi) is 9.78. The van der Waals surface area contributed by atoms with Gasteiger partial charge in [0.2, 0.25) is 13.4 Å². The van der Waals surface area contributed by atoms with Crippen LogP contribution in [0.4, 0.5) is 51.2 Å². The van der Waals surface area contributed by atoms with Gasteiger partial charge in [-0.2, -0.15) is 0 Å². The molecule has 0 aliphatic carbocycles. The van der Waals surface area contributed by atoms with Crippen molar-refractivity contribution < 1.29 is 0 Å². The second kappa shape index (κ2) is 17.4. The molecule has 7 saturated heterocycles. The molecule has 12 aromatic carbocycles. The maximum absolute atomic E-state index is 4.79. The number of hydrogen-bond donors (Lipinski definition) is 1. The Hall–Kier alpha value is -8.43. The van der Waals surface area contributed by atoms with Crippen molar-refractivity contribution in [3.05, 3.63) is 284 Å². The molecule has 0 aromatic heterocycles. The van der Waals surface area contributed by atoms with Crippen LogP contribution in [-0.4, -0.2) is 72.0 Å². The summed E-state index contributed by atoms with van der Waals surface area (Å²) in [5.41, 5.74) is 35.7. The van der Waals surface area contributed by atoms with Crippen LogP contribution in [-0.2, 0) is 0 Å². The third-order valence-electron chi connectivity index (χ3n) is 26.0. The average molecular weight is 1180 g/mol. The molecule has 0 atom stereocenters. The minimum atomic E-state index is -1.73. The van der Waals surface area contributed by atoms with E-state index in [4.69, 9.17) is 4.86 Å². The van der Waals surface area contributed by atoms with E-state index in [1.165, 1.54) is 164 Å². The SMILES string of the molecule is Cc1ccc(N2c3ccccc3B3c4ccccc4-c4cccc2c43)cc1.Cc1cccc2c1N(c1ccccc1)c1cccc3c1B2c1ccccc1-3.[B]1B2B3[BH2-]P123NP12(c3cccc(N4c5ccccc5B5c6ccccc6-c6cccc4c65)c3)B3[BH2-]B1B32. The first-order valence-corrected chi connectivity index (χ1v) is 39.1. The van der Waals surface area contributed by atoms with Crippen molar-refractivity contribution >= 4 is 190 Å². The van der Waals surface area contributed by atoms with Crippen LogP contribution in [0.25, 0.3) is 33.4 Å². The average Bonchev–Trinajstić information content (AvgIpc) is 1.33. The first kappa shape index (κ1) is 51.2. The van der Waals surface area contributed by atoms with E-state index in [0.717, 1.165) is 12.4 Å². The quantitative estimate of drug-likeness (QED) is 0.133. The summed E-state index contributed by atoms with van der Waals surface area (Å²) in [6.07, 6.45) is 2.90. The van der Waals surface area contributed by atoms with Crippen LogP contribution < -0.4 is 74.0 Å². The molecule has 25 rings (SSSR count). The van der Waals surface area contributed by atoms with Gasteiger partial charge in [0.15, 0.2) is 0 Å². The van der Waals surface area contributed by atoms with Crippen LogP contribution in [0.15, 0.2) is 273 Å². The number of fused-ring (bicyclic) bond motifs is 16. The van der Waals surface area contributed by atoms with Crippen LogP contribution >= 0.6 is 12.7 Å². The van der Waals surface area contributed by atoms with E-state index in [0.29, 0.717) is 34.1 Å². The normalized spacial score (nSPS) is 18.9. The van der Waals surface area contributed by atoms with E-state index >= 15 is 0 Å². The van der Waals surface area contributed by atoms with Crippen LogP contribution in [0, 0.1) is 13.8 Å². The van der Waals surface area contributed by atoms with Gasteiger partial charge >= 0.3 is 222 Å². The Bertz CT molecular complexity index is 5270. The van der Waals surface area contributed by atoms with Crippen molar-refractivity contribution in [2.75, 3.05) is 14.7 Å². The van der Waals surface area contributed by atoms with Crippen molar-refractivity contribution in [3.8, 4) is 33.4 Å². The number of benzene rings is 12. The number of hydrogen-bond acceptors (Lipinski definition) is 4. The molecule has 13 heterocycles. The summed E-state index contributed by atoms with van der Waals surface area (Å²) in [5, 5.41) is 1.78. The summed E-state index contributed by atoms with van der Waals surface area (Å²) in [6, 6.07) is 102. The summed E-state index contributed by atoms with van der Waals surface area (Å²) in [5.74, 6) is 0. The third-order valence-corrected chi connectivity index (χ3v) is 43.9. The third kappa shape index (κ3) is 6.20. The number of aryl methyl sites for hydroxylation is 2. The van der Waals surface area contributed by atoms with Gasteiger partial charge in [-0.15, -0.1) is 0 Å². The minimum absolute atomic E-state index is 0.322. The number of anilines is 9. The van der Waals surface area contributed by atoms with E-state index in [-0.39, 0.29) is 0 Å². The van der Waals surface area contributed by atoms with Gasteiger partial charge in [0, 0.05) is 34.1 Å². The molecule has 2 bridgehead atoms. The zero-order valence-electron chi connectivity index (χ0n) is 51.4. The molecule has 0 amide bonds. The molecule has 1 N–H and O–H groups in total. The van der Waals surface area contributed by atoms with Gasteiger partial charge in [0.1, 0.15) is 0 Å². The van der Waals surface area contributed by atoms with E-state index in [2.05, 4.69) is 308 Å². The predicted molar refractivity (Wildman–Crippen MR) is 411 cm³/mol. The molecule has 1 radical (unpaired) electrons. The van der Waals surface area contributed by atoms with Gasteiger partial charge in [-0.3, -0.25) is 0 Å². The Morgan fingerprint density at radius 3 is 1.27 bits per heavy atom. The molecule has 7 fully saturated rings. The number of para-hydroxylation sites is 4. The molecule has 17 heteroatoms. The Morgan fingerprint density at radius 2 is 0.769 bits per heavy atom. The molecule has 1 spiro atoms. The van der Waals surface area contributed by atoms with E-state index in [1.54, 1.807) is 5.30 Å². The molecule has 12 aromatic rings.